The first-order chi connectivity index (χ1) is 18.5. The van der Waals surface area contributed by atoms with Crippen LogP contribution in [0.25, 0.3) is 0 Å². The molecule has 5 rings (SSSR count). The molecule has 0 aliphatic carbocycles. The summed E-state index contributed by atoms with van der Waals surface area (Å²) in [7, 11) is 0. The fourth-order valence-corrected chi connectivity index (χ4v) is 5.28. The van der Waals surface area contributed by atoms with Gasteiger partial charge in [-0.2, -0.15) is 5.26 Å². The van der Waals surface area contributed by atoms with Crippen LogP contribution < -0.4 is 15.1 Å². The van der Waals surface area contributed by atoms with Crippen molar-refractivity contribution in [1.29, 1.82) is 5.26 Å². The van der Waals surface area contributed by atoms with Gasteiger partial charge in [0.2, 0.25) is 5.91 Å². The number of morpholine rings is 1. The van der Waals surface area contributed by atoms with Crippen molar-refractivity contribution in [3.63, 3.8) is 0 Å². The normalized spacial score (nSPS) is 23.0. The summed E-state index contributed by atoms with van der Waals surface area (Å²) in [4.78, 5) is 39.3. The minimum Gasteiger partial charge on any atom is -0.470 e. The Morgan fingerprint density at radius 3 is 2.47 bits per heavy atom. The van der Waals surface area contributed by atoms with E-state index in [1.165, 1.54) is 0 Å². The van der Waals surface area contributed by atoms with Crippen LogP contribution in [-0.2, 0) is 19.1 Å². The number of carbonyl (C=O) groups is 2. The largest absolute Gasteiger partial charge is 0.470 e. The average molecular weight is 524 g/mol. The smallest absolute Gasteiger partial charge is 0.290 e. The van der Waals surface area contributed by atoms with Gasteiger partial charge in [-0.05, 0) is 37.0 Å². The van der Waals surface area contributed by atoms with E-state index in [0.29, 0.717) is 64.0 Å². The van der Waals surface area contributed by atoms with Crippen LogP contribution in [0.2, 0.25) is 0 Å². The summed E-state index contributed by atoms with van der Waals surface area (Å²) in [5, 5.41) is 12.0. The predicted octanol–water partition coefficient (Wildman–Crippen LogP) is 1.43. The van der Waals surface area contributed by atoms with Crippen LogP contribution in [-0.4, -0.2) is 105 Å². The van der Waals surface area contributed by atoms with Crippen molar-refractivity contribution in [2.45, 2.75) is 32.3 Å². The maximum absolute atomic E-state index is 12.9. The summed E-state index contributed by atoms with van der Waals surface area (Å²) in [5.74, 6) is 2.24. The summed E-state index contributed by atoms with van der Waals surface area (Å²) in [6, 6.07) is 5.87. The monoisotopic (exact) mass is 523 g/mol. The van der Waals surface area contributed by atoms with Crippen molar-refractivity contribution in [1.82, 2.24) is 14.8 Å². The highest BCUT2D eigenvalue weighted by Crippen LogP contribution is 2.32. The highest BCUT2D eigenvalue weighted by molar-refractivity contribution is 6.04. The molecule has 11 nitrogen and oxygen atoms in total. The van der Waals surface area contributed by atoms with Crippen molar-refractivity contribution in [3.05, 3.63) is 24.0 Å². The predicted molar refractivity (Wildman–Crippen MR) is 143 cm³/mol. The number of piperazine rings is 1. The molecule has 38 heavy (non-hydrogen) atoms. The van der Waals surface area contributed by atoms with Gasteiger partial charge in [0.1, 0.15) is 11.9 Å². The van der Waals surface area contributed by atoms with Gasteiger partial charge in [0.25, 0.3) is 5.91 Å². The van der Waals surface area contributed by atoms with Crippen LogP contribution in [0, 0.1) is 17.2 Å². The molecule has 0 saturated carbocycles. The molecule has 4 aliphatic rings. The summed E-state index contributed by atoms with van der Waals surface area (Å²) >= 11 is 0. The Morgan fingerprint density at radius 2 is 1.79 bits per heavy atom. The SMILES string of the molecule is CC1CCN(c2nc(N3CCN(C(=O)CN4CCOCC4)CC3)ccc2NC(=O)C2=CCC(C#N)O2)CC1. The molecule has 1 N–H and O–H groups in total. The van der Waals surface area contributed by atoms with Crippen LogP contribution in [0.4, 0.5) is 17.3 Å². The summed E-state index contributed by atoms with van der Waals surface area (Å²) < 4.78 is 10.8. The molecule has 4 aliphatic heterocycles. The molecule has 1 aromatic heterocycles. The molecule has 3 saturated heterocycles. The van der Waals surface area contributed by atoms with E-state index in [-0.39, 0.29) is 17.6 Å². The van der Waals surface area contributed by atoms with Crippen LogP contribution in [0.15, 0.2) is 24.0 Å². The van der Waals surface area contributed by atoms with E-state index in [0.717, 1.165) is 50.7 Å². The zero-order valence-corrected chi connectivity index (χ0v) is 22.1. The van der Waals surface area contributed by atoms with Gasteiger partial charge < -0.3 is 29.5 Å². The average Bonchev–Trinajstić information content (AvgIpc) is 3.44. The third kappa shape index (κ3) is 6.19. The minimum absolute atomic E-state index is 0.169. The number of pyridine rings is 1. The molecule has 0 aromatic carbocycles. The number of nitrogens with one attached hydrogen (secondary N) is 1. The van der Waals surface area contributed by atoms with Gasteiger partial charge in [0.05, 0.1) is 25.4 Å². The molecular weight excluding hydrogens is 486 g/mol. The summed E-state index contributed by atoms with van der Waals surface area (Å²) in [6.07, 6.45) is 3.60. The van der Waals surface area contributed by atoms with E-state index in [2.05, 4.69) is 26.9 Å². The van der Waals surface area contributed by atoms with Gasteiger partial charge in [-0.15, -0.1) is 0 Å². The van der Waals surface area contributed by atoms with E-state index in [4.69, 9.17) is 19.7 Å². The Kier molecular flexibility index (Phi) is 8.29. The fraction of sp³-hybridized carbons (Fsp3) is 0.630. The number of rotatable bonds is 6. The van der Waals surface area contributed by atoms with Crippen LogP contribution >= 0.6 is 0 Å². The Hall–Kier alpha value is -3.36. The molecule has 1 aromatic rings. The fourth-order valence-electron chi connectivity index (χ4n) is 5.28. The standard InChI is InChI=1S/C27H37N7O4/c1-20-6-8-34(9-7-20)26-22(29-27(36)23-4-2-21(18-28)38-23)3-5-24(30-26)32-10-12-33(13-11-32)25(35)19-31-14-16-37-17-15-31/h3-5,20-21H,2,6-17,19H2,1H3,(H,29,36). The van der Waals surface area contributed by atoms with Gasteiger partial charge in [-0.3, -0.25) is 14.5 Å². The molecule has 5 heterocycles. The lowest BCUT2D eigenvalue weighted by Gasteiger charge is -2.38. The second-order valence-corrected chi connectivity index (χ2v) is 10.5. The second-order valence-electron chi connectivity index (χ2n) is 10.5. The molecule has 0 radical (unpaired) electrons. The quantitative estimate of drug-likeness (QED) is 0.591. The van der Waals surface area contributed by atoms with Crippen molar-refractivity contribution < 1.29 is 19.1 Å². The second kappa shape index (κ2) is 12.0. The highest BCUT2D eigenvalue weighted by Gasteiger charge is 2.28. The van der Waals surface area contributed by atoms with Crippen molar-refractivity contribution in [3.8, 4) is 6.07 Å². The molecule has 1 unspecified atom stereocenters. The van der Waals surface area contributed by atoms with Gasteiger partial charge >= 0.3 is 0 Å². The van der Waals surface area contributed by atoms with Gasteiger partial charge in [0.15, 0.2) is 17.7 Å². The van der Waals surface area contributed by atoms with Crippen molar-refractivity contribution >= 4 is 29.1 Å². The van der Waals surface area contributed by atoms with Crippen molar-refractivity contribution in [2.75, 3.05) is 87.2 Å². The topological polar surface area (TPSA) is 114 Å². The first-order valence-corrected chi connectivity index (χ1v) is 13.7. The molecule has 3 fully saturated rings. The first-order valence-electron chi connectivity index (χ1n) is 13.7. The Balaban J connectivity index is 1.25. The van der Waals surface area contributed by atoms with E-state index < -0.39 is 6.10 Å². The molecule has 2 amide bonds. The number of hydrogen-bond acceptors (Lipinski definition) is 9. The molecule has 0 spiro atoms. The third-order valence-electron chi connectivity index (χ3n) is 7.77. The lowest BCUT2D eigenvalue weighted by atomic mass is 9.99. The number of ether oxygens (including phenoxy) is 2. The Labute approximate surface area is 223 Å². The maximum Gasteiger partial charge on any atom is 0.290 e. The van der Waals surface area contributed by atoms with E-state index in [9.17, 15) is 9.59 Å². The van der Waals surface area contributed by atoms with Crippen LogP contribution in [0.3, 0.4) is 0 Å². The number of nitriles is 1. The molecule has 204 valence electrons. The number of piperidine rings is 1. The highest BCUT2D eigenvalue weighted by atomic mass is 16.5. The van der Waals surface area contributed by atoms with Gasteiger partial charge in [-0.25, -0.2) is 4.98 Å². The Morgan fingerprint density at radius 1 is 1.05 bits per heavy atom. The zero-order valence-electron chi connectivity index (χ0n) is 22.1. The lowest BCUT2D eigenvalue weighted by molar-refractivity contribution is -0.133. The Bertz CT molecular complexity index is 1080. The number of hydrogen-bond donors (Lipinski definition) is 1. The molecule has 11 heteroatoms. The number of amides is 2. The van der Waals surface area contributed by atoms with Gasteiger partial charge in [-0.1, -0.05) is 6.92 Å². The van der Waals surface area contributed by atoms with Crippen LogP contribution in [0.1, 0.15) is 26.2 Å². The molecular formula is C27H37N7O4. The molecule has 0 bridgehead atoms. The minimum atomic E-state index is -0.612. The lowest BCUT2D eigenvalue weighted by Crippen LogP contribution is -2.52. The first kappa shape index (κ1) is 26.3. The number of nitrogens with zero attached hydrogens (tertiary/aromatic N) is 6. The summed E-state index contributed by atoms with van der Waals surface area (Å²) in [6.45, 7) is 10.2. The van der Waals surface area contributed by atoms with Crippen LogP contribution in [0.5, 0.6) is 0 Å². The maximum atomic E-state index is 12.9. The van der Waals surface area contributed by atoms with E-state index in [1.54, 1.807) is 6.08 Å². The zero-order chi connectivity index (χ0) is 26.5. The third-order valence-corrected chi connectivity index (χ3v) is 7.77. The van der Waals surface area contributed by atoms with E-state index in [1.807, 2.05) is 23.1 Å². The number of carbonyl (C=O) groups excluding carboxylic acids is 2. The van der Waals surface area contributed by atoms with E-state index >= 15 is 0 Å². The van der Waals surface area contributed by atoms with Crippen molar-refractivity contribution in [2.24, 2.45) is 5.92 Å². The number of anilines is 3. The summed E-state index contributed by atoms with van der Waals surface area (Å²) in [5.41, 5.74) is 0.637. The molecule has 1 atom stereocenters. The number of aromatic nitrogens is 1. The van der Waals surface area contributed by atoms with Gasteiger partial charge in [0, 0.05) is 58.8 Å².